The van der Waals surface area contributed by atoms with Crippen molar-refractivity contribution in [2.24, 2.45) is 5.41 Å². The lowest BCUT2D eigenvalue weighted by Crippen LogP contribution is -2.19. The topological polar surface area (TPSA) is 45.1 Å². The van der Waals surface area contributed by atoms with E-state index in [0.29, 0.717) is 0 Å². The first kappa shape index (κ1) is 9.93. The smallest absolute Gasteiger partial charge is 0.0538 e. The molecular weight excluding hydrogens is 244 g/mol. The molecule has 76 valence electrons. The zero-order valence-corrected chi connectivity index (χ0v) is 9.42. The van der Waals surface area contributed by atoms with E-state index in [1.807, 2.05) is 6.07 Å². The molecule has 0 aromatic carbocycles. The molecule has 3 nitrogen and oxygen atoms in total. The third-order valence-corrected chi connectivity index (χ3v) is 3.10. The van der Waals surface area contributed by atoms with Crippen LogP contribution in [-0.4, -0.2) is 23.2 Å². The van der Waals surface area contributed by atoms with Crippen molar-refractivity contribution in [2.75, 3.05) is 18.5 Å². The van der Waals surface area contributed by atoms with Crippen molar-refractivity contribution in [3.63, 3.8) is 0 Å². The minimum atomic E-state index is 0.141. The van der Waals surface area contributed by atoms with Crippen molar-refractivity contribution < 1.29 is 5.11 Å². The Labute approximate surface area is 91.7 Å². The Morgan fingerprint density at radius 1 is 1.50 bits per heavy atom. The summed E-state index contributed by atoms with van der Waals surface area (Å²) in [6, 6.07) is 1.99. The van der Waals surface area contributed by atoms with Crippen LogP contribution in [0.1, 0.15) is 12.8 Å². The van der Waals surface area contributed by atoms with Crippen molar-refractivity contribution >= 4 is 21.6 Å². The second-order valence-electron chi connectivity index (χ2n) is 3.90. The minimum Gasteiger partial charge on any atom is -0.396 e. The summed E-state index contributed by atoms with van der Waals surface area (Å²) in [4.78, 5) is 4.06. The lowest BCUT2D eigenvalue weighted by atomic mass is 10.1. The third kappa shape index (κ3) is 2.25. The Balaban J connectivity index is 1.92. The van der Waals surface area contributed by atoms with Crippen molar-refractivity contribution in [1.82, 2.24) is 4.98 Å². The summed E-state index contributed by atoms with van der Waals surface area (Å²) in [5.74, 6) is 0. The van der Waals surface area contributed by atoms with Gasteiger partial charge in [-0.1, -0.05) is 0 Å². The molecule has 2 N–H and O–H groups in total. The predicted molar refractivity (Wildman–Crippen MR) is 59.2 cm³/mol. The Morgan fingerprint density at radius 2 is 2.29 bits per heavy atom. The zero-order valence-electron chi connectivity index (χ0n) is 7.83. The van der Waals surface area contributed by atoms with E-state index in [1.54, 1.807) is 12.4 Å². The molecule has 1 aromatic heterocycles. The Bertz CT molecular complexity index is 326. The van der Waals surface area contributed by atoms with Crippen molar-refractivity contribution in [1.29, 1.82) is 0 Å². The predicted octanol–water partition coefficient (Wildman–Crippen LogP) is 2.03. The molecule has 1 saturated carbocycles. The van der Waals surface area contributed by atoms with Crippen molar-refractivity contribution in [3.05, 3.63) is 22.9 Å². The highest BCUT2D eigenvalue weighted by Gasteiger charge is 2.41. The van der Waals surface area contributed by atoms with E-state index in [0.717, 1.165) is 29.5 Å². The first-order chi connectivity index (χ1) is 6.74. The van der Waals surface area contributed by atoms with E-state index in [2.05, 4.69) is 26.2 Å². The lowest BCUT2D eigenvalue weighted by molar-refractivity contribution is 0.220. The standard InChI is InChI=1S/C10H13BrN2O/c11-8-3-9(5-12-4-8)13-6-10(7-14)1-2-10/h3-5,13-14H,1-2,6-7H2. The number of rotatable bonds is 4. The molecule has 1 aliphatic rings. The van der Waals surface area contributed by atoms with E-state index in [-0.39, 0.29) is 12.0 Å². The Morgan fingerprint density at radius 3 is 2.86 bits per heavy atom. The van der Waals surface area contributed by atoms with Gasteiger partial charge in [-0.2, -0.15) is 0 Å². The highest BCUT2D eigenvalue weighted by atomic mass is 79.9. The highest BCUT2D eigenvalue weighted by Crippen LogP contribution is 2.44. The van der Waals surface area contributed by atoms with Gasteiger partial charge >= 0.3 is 0 Å². The lowest BCUT2D eigenvalue weighted by Gasteiger charge is -2.13. The van der Waals surface area contributed by atoms with Gasteiger partial charge in [-0.3, -0.25) is 4.98 Å². The number of aliphatic hydroxyl groups excluding tert-OH is 1. The molecule has 1 fully saturated rings. The summed E-state index contributed by atoms with van der Waals surface area (Å²) in [5, 5.41) is 12.4. The Kier molecular flexibility index (Phi) is 2.74. The van der Waals surface area contributed by atoms with Gasteiger partial charge in [0.15, 0.2) is 0 Å². The van der Waals surface area contributed by atoms with Crippen LogP contribution in [-0.2, 0) is 0 Å². The van der Waals surface area contributed by atoms with Crippen LogP contribution < -0.4 is 5.32 Å². The quantitative estimate of drug-likeness (QED) is 0.867. The number of hydrogen-bond donors (Lipinski definition) is 2. The summed E-state index contributed by atoms with van der Waals surface area (Å²) in [6.45, 7) is 1.11. The summed E-state index contributed by atoms with van der Waals surface area (Å²) in [6.07, 6.45) is 5.79. The molecule has 0 atom stereocenters. The normalized spacial score (nSPS) is 17.9. The van der Waals surface area contributed by atoms with E-state index in [1.165, 1.54) is 0 Å². The fraction of sp³-hybridized carbons (Fsp3) is 0.500. The molecule has 2 rings (SSSR count). The molecule has 0 bridgehead atoms. The number of anilines is 1. The van der Waals surface area contributed by atoms with E-state index < -0.39 is 0 Å². The van der Waals surface area contributed by atoms with Crippen LogP contribution >= 0.6 is 15.9 Å². The largest absolute Gasteiger partial charge is 0.396 e. The molecule has 1 heterocycles. The van der Waals surface area contributed by atoms with Gasteiger partial charge in [0.2, 0.25) is 0 Å². The number of hydrogen-bond acceptors (Lipinski definition) is 3. The maximum Gasteiger partial charge on any atom is 0.0538 e. The molecule has 0 saturated heterocycles. The maximum atomic E-state index is 9.12. The Hall–Kier alpha value is -0.610. The molecular formula is C10H13BrN2O. The van der Waals surface area contributed by atoms with E-state index in [9.17, 15) is 0 Å². The van der Waals surface area contributed by atoms with Crippen LogP contribution in [0.5, 0.6) is 0 Å². The van der Waals surface area contributed by atoms with Crippen molar-refractivity contribution in [3.8, 4) is 0 Å². The van der Waals surface area contributed by atoms with Crippen molar-refractivity contribution in [2.45, 2.75) is 12.8 Å². The molecule has 0 amide bonds. The van der Waals surface area contributed by atoms with Crippen LogP contribution in [0.3, 0.4) is 0 Å². The molecule has 4 heteroatoms. The number of aromatic nitrogens is 1. The zero-order chi connectivity index (χ0) is 10.0. The summed E-state index contributed by atoms with van der Waals surface area (Å²) in [7, 11) is 0. The van der Waals surface area contributed by atoms with Crippen LogP contribution in [0.15, 0.2) is 22.9 Å². The van der Waals surface area contributed by atoms with Gasteiger partial charge in [-0.15, -0.1) is 0 Å². The third-order valence-electron chi connectivity index (χ3n) is 2.66. The molecule has 0 radical (unpaired) electrons. The molecule has 0 spiro atoms. The van der Waals surface area contributed by atoms with Gasteiger partial charge in [0, 0.05) is 22.6 Å². The van der Waals surface area contributed by atoms with Gasteiger partial charge in [0.05, 0.1) is 18.5 Å². The summed E-state index contributed by atoms with van der Waals surface area (Å²) in [5.41, 5.74) is 1.14. The first-order valence-electron chi connectivity index (χ1n) is 4.69. The number of pyridine rings is 1. The molecule has 1 aromatic rings. The van der Waals surface area contributed by atoms with E-state index >= 15 is 0 Å². The van der Waals surface area contributed by atoms with Gasteiger partial charge < -0.3 is 10.4 Å². The van der Waals surface area contributed by atoms with Crippen LogP contribution in [0.2, 0.25) is 0 Å². The average molecular weight is 257 g/mol. The molecule has 14 heavy (non-hydrogen) atoms. The van der Waals surface area contributed by atoms with Crippen LogP contribution in [0.25, 0.3) is 0 Å². The molecule has 1 aliphatic carbocycles. The second kappa shape index (κ2) is 3.87. The second-order valence-corrected chi connectivity index (χ2v) is 4.82. The highest BCUT2D eigenvalue weighted by molar-refractivity contribution is 9.10. The van der Waals surface area contributed by atoms with Gasteiger partial charge in [0.25, 0.3) is 0 Å². The van der Waals surface area contributed by atoms with Crippen LogP contribution in [0, 0.1) is 5.41 Å². The minimum absolute atomic E-state index is 0.141. The number of aliphatic hydroxyl groups is 1. The van der Waals surface area contributed by atoms with Gasteiger partial charge in [0.1, 0.15) is 0 Å². The number of nitrogens with zero attached hydrogens (tertiary/aromatic N) is 1. The molecule has 0 aliphatic heterocycles. The fourth-order valence-corrected chi connectivity index (χ4v) is 1.73. The average Bonchev–Trinajstić information content (AvgIpc) is 2.96. The first-order valence-corrected chi connectivity index (χ1v) is 5.49. The number of nitrogens with one attached hydrogen (secondary N) is 1. The monoisotopic (exact) mass is 256 g/mol. The van der Waals surface area contributed by atoms with E-state index in [4.69, 9.17) is 5.11 Å². The van der Waals surface area contributed by atoms with Crippen LogP contribution in [0.4, 0.5) is 5.69 Å². The summed E-state index contributed by atoms with van der Waals surface area (Å²) < 4.78 is 0.969. The molecule has 0 unspecified atom stereocenters. The fourth-order valence-electron chi connectivity index (χ4n) is 1.37. The SMILES string of the molecule is OCC1(CNc2cncc(Br)c2)CC1. The maximum absolute atomic E-state index is 9.12. The number of halogens is 1. The van der Waals surface area contributed by atoms with Gasteiger partial charge in [-0.05, 0) is 34.8 Å². The summed E-state index contributed by atoms with van der Waals surface area (Å²) >= 11 is 3.36. The van der Waals surface area contributed by atoms with Gasteiger partial charge in [-0.25, -0.2) is 0 Å².